The Balaban J connectivity index is 1.66. The Morgan fingerprint density at radius 2 is 2.15 bits per heavy atom. The minimum atomic E-state index is -0.425. The normalized spacial score (nSPS) is 17.0. The van der Waals surface area contributed by atoms with Gasteiger partial charge in [-0.3, -0.25) is 9.78 Å². The van der Waals surface area contributed by atoms with E-state index in [9.17, 15) is 4.79 Å². The number of hydrogen-bond donors (Lipinski definition) is 2. The number of hydrogen-bond acceptors (Lipinski definition) is 6. The van der Waals surface area contributed by atoms with E-state index in [0.717, 1.165) is 41.3 Å². The number of nitrogens with two attached hydrogens (primary N) is 1. The number of nitrogens with zero attached hydrogens (tertiary/aromatic N) is 3. The second kappa shape index (κ2) is 7.28. The third kappa shape index (κ3) is 3.59. The average Bonchev–Trinajstić information content (AvgIpc) is 2.68. The maximum Gasteiger partial charge on any atom is 0.254 e. The summed E-state index contributed by atoms with van der Waals surface area (Å²) < 4.78 is 5.52. The molecule has 7 heteroatoms. The van der Waals surface area contributed by atoms with Crippen molar-refractivity contribution >= 4 is 28.3 Å². The number of rotatable bonds is 3. The van der Waals surface area contributed by atoms with Crippen molar-refractivity contribution < 1.29 is 9.53 Å². The fraction of sp³-hybridized carbons (Fsp3) is 0.300. The maximum atomic E-state index is 12.4. The topological polar surface area (TPSA) is 103 Å². The van der Waals surface area contributed by atoms with E-state index < -0.39 is 6.10 Å². The fourth-order valence-electron chi connectivity index (χ4n) is 3.32. The zero-order chi connectivity index (χ0) is 18.8. The van der Waals surface area contributed by atoms with Crippen LogP contribution in [0.5, 0.6) is 0 Å². The molecule has 4 rings (SSSR count). The molecule has 3 aromatic rings. The van der Waals surface area contributed by atoms with E-state index in [0.29, 0.717) is 23.6 Å². The van der Waals surface area contributed by atoms with Gasteiger partial charge in [0.1, 0.15) is 11.6 Å². The van der Waals surface area contributed by atoms with Crippen LogP contribution in [0.3, 0.4) is 0 Å². The number of amides is 1. The summed E-state index contributed by atoms with van der Waals surface area (Å²) >= 11 is 0. The molecule has 1 aliphatic rings. The summed E-state index contributed by atoms with van der Waals surface area (Å²) in [5.74, 6) is 0.205. The van der Waals surface area contributed by atoms with Gasteiger partial charge in [0.2, 0.25) is 0 Å². The first kappa shape index (κ1) is 17.4. The molecule has 1 saturated heterocycles. The minimum Gasteiger partial charge on any atom is -0.397 e. The number of ether oxygens (including phenoxy) is 1. The number of anilines is 2. The molecular formula is C20H21N5O2. The van der Waals surface area contributed by atoms with Crippen LogP contribution in [0.25, 0.3) is 22.0 Å². The molecule has 1 amide bonds. The lowest BCUT2D eigenvalue weighted by atomic mass is 10.0. The van der Waals surface area contributed by atoms with Crippen LogP contribution in [0.4, 0.5) is 11.5 Å². The third-order valence-electron chi connectivity index (χ3n) is 4.79. The molecule has 7 nitrogen and oxygen atoms in total. The summed E-state index contributed by atoms with van der Waals surface area (Å²) in [5, 5.41) is 11.9. The Hall–Kier alpha value is -3.06. The van der Waals surface area contributed by atoms with Gasteiger partial charge in [0.15, 0.2) is 5.82 Å². The van der Waals surface area contributed by atoms with Crippen LogP contribution in [-0.4, -0.2) is 33.8 Å². The van der Waals surface area contributed by atoms with Crippen molar-refractivity contribution in [2.75, 3.05) is 17.7 Å². The van der Waals surface area contributed by atoms with Gasteiger partial charge in [0.05, 0.1) is 5.69 Å². The highest BCUT2D eigenvalue weighted by Gasteiger charge is 2.22. The Bertz CT molecular complexity index is 999. The van der Waals surface area contributed by atoms with Gasteiger partial charge in [-0.05, 0) is 61.6 Å². The number of carbonyl (C=O) groups is 1. The largest absolute Gasteiger partial charge is 0.397 e. The van der Waals surface area contributed by atoms with Crippen LogP contribution >= 0.6 is 0 Å². The highest BCUT2D eigenvalue weighted by atomic mass is 16.5. The second-order valence-electron chi connectivity index (χ2n) is 6.77. The molecule has 0 spiro atoms. The lowest BCUT2D eigenvalue weighted by Gasteiger charge is -2.21. The zero-order valence-corrected chi connectivity index (χ0v) is 15.1. The molecule has 3 N–H and O–H groups in total. The summed E-state index contributed by atoms with van der Waals surface area (Å²) in [4.78, 5) is 16.6. The number of nitrogens with one attached hydrogen (secondary N) is 1. The van der Waals surface area contributed by atoms with E-state index in [1.807, 2.05) is 31.3 Å². The molecule has 0 saturated carbocycles. The molecule has 1 aliphatic heterocycles. The maximum absolute atomic E-state index is 12.4. The van der Waals surface area contributed by atoms with E-state index in [1.165, 1.54) is 0 Å². The lowest BCUT2D eigenvalue weighted by molar-refractivity contribution is -0.130. The molecule has 27 heavy (non-hydrogen) atoms. The number of aryl methyl sites for hydroxylation is 1. The van der Waals surface area contributed by atoms with E-state index in [2.05, 4.69) is 20.5 Å². The van der Waals surface area contributed by atoms with Crippen LogP contribution in [-0.2, 0) is 9.53 Å². The highest BCUT2D eigenvalue weighted by Crippen LogP contribution is 2.30. The average molecular weight is 363 g/mol. The SMILES string of the molecule is Cc1ccncc1-c1cc(N)c2nnc(NC(=O)C3CCCCO3)cc2c1. The smallest absolute Gasteiger partial charge is 0.254 e. The number of pyridine rings is 1. The Kier molecular flexibility index (Phi) is 4.68. The molecule has 0 aliphatic carbocycles. The summed E-state index contributed by atoms with van der Waals surface area (Å²) in [6, 6.07) is 7.59. The Morgan fingerprint density at radius 3 is 2.93 bits per heavy atom. The highest BCUT2D eigenvalue weighted by molar-refractivity contribution is 5.98. The van der Waals surface area contributed by atoms with Crippen molar-refractivity contribution in [1.29, 1.82) is 0 Å². The van der Waals surface area contributed by atoms with Gasteiger partial charge in [-0.1, -0.05) is 0 Å². The monoisotopic (exact) mass is 363 g/mol. The van der Waals surface area contributed by atoms with Crippen molar-refractivity contribution in [3.8, 4) is 11.1 Å². The quantitative estimate of drug-likeness (QED) is 0.693. The van der Waals surface area contributed by atoms with E-state index >= 15 is 0 Å². The number of fused-ring (bicyclic) bond motifs is 1. The van der Waals surface area contributed by atoms with Gasteiger partial charge in [0.25, 0.3) is 5.91 Å². The summed E-state index contributed by atoms with van der Waals surface area (Å²) in [7, 11) is 0. The predicted molar refractivity (Wildman–Crippen MR) is 104 cm³/mol. The first-order valence-electron chi connectivity index (χ1n) is 9.02. The van der Waals surface area contributed by atoms with E-state index in [1.54, 1.807) is 12.3 Å². The molecule has 1 atom stereocenters. The number of benzene rings is 1. The van der Waals surface area contributed by atoms with Crippen molar-refractivity contribution in [2.24, 2.45) is 0 Å². The number of aromatic nitrogens is 3. The lowest BCUT2D eigenvalue weighted by Crippen LogP contribution is -2.33. The number of nitrogen functional groups attached to an aromatic ring is 1. The van der Waals surface area contributed by atoms with Crippen LogP contribution in [0.2, 0.25) is 0 Å². The molecule has 138 valence electrons. The van der Waals surface area contributed by atoms with Gasteiger partial charge in [0, 0.05) is 30.0 Å². The van der Waals surface area contributed by atoms with Crippen molar-refractivity contribution in [2.45, 2.75) is 32.3 Å². The first-order valence-corrected chi connectivity index (χ1v) is 9.02. The molecule has 1 unspecified atom stereocenters. The number of carbonyl (C=O) groups excluding carboxylic acids is 1. The predicted octanol–water partition coefficient (Wildman–Crippen LogP) is 3.09. The van der Waals surface area contributed by atoms with Crippen molar-refractivity contribution in [1.82, 2.24) is 15.2 Å². The van der Waals surface area contributed by atoms with E-state index in [-0.39, 0.29) is 5.91 Å². The molecular weight excluding hydrogens is 342 g/mol. The van der Waals surface area contributed by atoms with Gasteiger partial charge in [-0.2, -0.15) is 0 Å². The second-order valence-corrected chi connectivity index (χ2v) is 6.77. The van der Waals surface area contributed by atoms with Crippen molar-refractivity contribution in [3.63, 3.8) is 0 Å². The van der Waals surface area contributed by atoms with Crippen LogP contribution < -0.4 is 11.1 Å². The van der Waals surface area contributed by atoms with Crippen LogP contribution in [0.15, 0.2) is 36.7 Å². The minimum absolute atomic E-state index is 0.185. The fourth-order valence-corrected chi connectivity index (χ4v) is 3.32. The summed E-state index contributed by atoms with van der Waals surface area (Å²) in [6.07, 6.45) is 5.86. The van der Waals surface area contributed by atoms with E-state index in [4.69, 9.17) is 10.5 Å². The van der Waals surface area contributed by atoms with Gasteiger partial charge >= 0.3 is 0 Å². The molecule has 2 aromatic heterocycles. The molecule has 0 radical (unpaired) electrons. The molecule has 1 aromatic carbocycles. The molecule has 1 fully saturated rings. The summed E-state index contributed by atoms with van der Waals surface area (Å²) in [6.45, 7) is 2.64. The Morgan fingerprint density at radius 1 is 1.26 bits per heavy atom. The first-order chi connectivity index (χ1) is 13.1. The molecule has 0 bridgehead atoms. The summed E-state index contributed by atoms with van der Waals surface area (Å²) in [5.41, 5.74) is 10.4. The standard InChI is InChI=1S/C20H21N5O2/c1-12-5-6-22-11-15(12)13-8-14-10-18(24-25-19(14)16(21)9-13)23-20(26)17-4-2-3-7-27-17/h5-6,8-11,17H,2-4,7,21H2,1H3,(H,23,24,26). The van der Waals surface area contributed by atoms with Gasteiger partial charge in [-0.25, -0.2) is 0 Å². The van der Waals surface area contributed by atoms with Gasteiger partial charge < -0.3 is 15.8 Å². The Labute approximate surface area is 157 Å². The third-order valence-corrected chi connectivity index (χ3v) is 4.79. The zero-order valence-electron chi connectivity index (χ0n) is 15.1. The molecule has 3 heterocycles. The van der Waals surface area contributed by atoms with Crippen molar-refractivity contribution in [3.05, 3.63) is 42.2 Å². The van der Waals surface area contributed by atoms with Gasteiger partial charge in [-0.15, -0.1) is 10.2 Å². The van der Waals surface area contributed by atoms with Crippen LogP contribution in [0.1, 0.15) is 24.8 Å². The van der Waals surface area contributed by atoms with Crippen LogP contribution in [0, 0.1) is 6.92 Å².